The van der Waals surface area contributed by atoms with Crippen molar-refractivity contribution in [1.82, 2.24) is 4.98 Å². The summed E-state index contributed by atoms with van der Waals surface area (Å²) in [6.07, 6.45) is 5.02. The zero-order valence-corrected chi connectivity index (χ0v) is 16.9. The summed E-state index contributed by atoms with van der Waals surface area (Å²) >= 11 is 1.31. The van der Waals surface area contributed by atoms with Gasteiger partial charge in [0.05, 0.1) is 11.4 Å². The van der Waals surface area contributed by atoms with E-state index in [1.807, 2.05) is 66.7 Å². The van der Waals surface area contributed by atoms with E-state index in [-0.39, 0.29) is 17.5 Å². The van der Waals surface area contributed by atoms with Gasteiger partial charge in [-0.25, -0.2) is 14.8 Å². The third-order valence-corrected chi connectivity index (χ3v) is 5.01. The standard InChI is InChI=1S/C23H17N3O3S/c1-16(27)26(19-10-6-3-7-11-19)23-24-18(15-30-23)14-20-22(28)29-21(25-20)13-12-17-8-4-2-5-9-17/h2-15H,1H3/b13-12+,20-14-. The molecule has 0 saturated heterocycles. The number of rotatable bonds is 5. The van der Waals surface area contributed by atoms with E-state index in [1.54, 1.807) is 17.5 Å². The second kappa shape index (κ2) is 8.67. The Morgan fingerprint density at radius 1 is 1.03 bits per heavy atom. The minimum absolute atomic E-state index is 0.151. The van der Waals surface area contributed by atoms with Crippen LogP contribution in [0.25, 0.3) is 12.2 Å². The fourth-order valence-electron chi connectivity index (χ4n) is 2.82. The van der Waals surface area contributed by atoms with Crippen molar-refractivity contribution in [3.63, 3.8) is 0 Å². The first-order valence-electron chi connectivity index (χ1n) is 9.17. The summed E-state index contributed by atoms with van der Waals surface area (Å²) in [6.45, 7) is 1.48. The zero-order valence-electron chi connectivity index (χ0n) is 16.1. The maximum absolute atomic E-state index is 12.2. The number of para-hydroxylation sites is 1. The molecule has 1 aliphatic heterocycles. The number of hydrogen-bond acceptors (Lipinski definition) is 6. The van der Waals surface area contributed by atoms with Crippen LogP contribution in [0, 0.1) is 0 Å². The second-order valence-corrected chi connectivity index (χ2v) is 7.19. The molecule has 148 valence electrons. The molecular weight excluding hydrogens is 398 g/mol. The Hall–Kier alpha value is -3.84. The SMILES string of the molecule is CC(=O)N(c1ccccc1)c1nc(/C=C2N=C(/C=C/c3ccccc3)OC\2=O)cs1. The molecule has 6 nitrogen and oxygen atoms in total. The van der Waals surface area contributed by atoms with Crippen molar-refractivity contribution in [1.29, 1.82) is 0 Å². The first kappa shape index (κ1) is 19.5. The van der Waals surface area contributed by atoms with E-state index in [0.29, 0.717) is 10.8 Å². The number of ether oxygens (including phenoxy) is 1. The predicted octanol–water partition coefficient (Wildman–Crippen LogP) is 4.84. The van der Waals surface area contributed by atoms with Gasteiger partial charge < -0.3 is 4.74 Å². The monoisotopic (exact) mass is 415 g/mol. The van der Waals surface area contributed by atoms with Crippen LogP contribution in [0.15, 0.2) is 82.8 Å². The van der Waals surface area contributed by atoms with E-state index >= 15 is 0 Å². The quantitative estimate of drug-likeness (QED) is 0.442. The molecule has 0 spiro atoms. The molecule has 4 rings (SSSR count). The lowest BCUT2D eigenvalue weighted by Gasteiger charge is -2.17. The number of thiazole rings is 1. The van der Waals surface area contributed by atoms with Crippen LogP contribution < -0.4 is 4.90 Å². The normalized spacial score (nSPS) is 14.8. The Kier molecular flexibility index (Phi) is 5.63. The zero-order chi connectivity index (χ0) is 20.9. The number of cyclic esters (lactones) is 1. The average Bonchev–Trinajstić information content (AvgIpc) is 3.35. The molecule has 2 aromatic carbocycles. The molecular formula is C23H17N3O3S. The molecule has 1 aromatic heterocycles. The molecule has 0 bridgehead atoms. The van der Waals surface area contributed by atoms with Gasteiger partial charge in [0.15, 0.2) is 10.8 Å². The van der Waals surface area contributed by atoms with Crippen molar-refractivity contribution in [3.8, 4) is 0 Å². The van der Waals surface area contributed by atoms with Crippen LogP contribution in [0.4, 0.5) is 10.8 Å². The highest BCUT2D eigenvalue weighted by molar-refractivity contribution is 7.14. The molecule has 3 aromatic rings. The Morgan fingerprint density at radius 2 is 1.73 bits per heavy atom. The van der Waals surface area contributed by atoms with Crippen molar-refractivity contribution in [2.45, 2.75) is 6.92 Å². The lowest BCUT2D eigenvalue weighted by molar-refractivity contribution is -0.129. The first-order valence-corrected chi connectivity index (χ1v) is 10.0. The molecule has 0 radical (unpaired) electrons. The number of aliphatic imine (C=N–C) groups is 1. The number of amides is 1. The third kappa shape index (κ3) is 4.42. The van der Waals surface area contributed by atoms with Gasteiger partial charge >= 0.3 is 5.97 Å². The van der Waals surface area contributed by atoms with Crippen LogP contribution >= 0.6 is 11.3 Å². The highest BCUT2D eigenvalue weighted by Crippen LogP contribution is 2.29. The van der Waals surface area contributed by atoms with Crippen molar-refractivity contribution >= 4 is 52.1 Å². The molecule has 0 aliphatic carbocycles. The molecule has 0 N–H and O–H groups in total. The summed E-state index contributed by atoms with van der Waals surface area (Å²) in [7, 11) is 0. The Bertz CT molecular complexity index is 1160. The summed E-state index contributed by atoms with van der Waals surface area (Å²) in [4.78, 5) is 34.5. The molecule has 0 fully saturated rings. The number of carbonyl (C=O) groups is 2. The van der Waals surface area contributed by atoms with Gasteiger partial charge in [0.2, 0.25) is 11.8 Å². The van der Waals surface area contributed by atoms with Gasteiger partial charge in [0.25, 0.3) is 0 Å². The minimum Gasteiger partial charge on any atom is -0.403 e. The average molecular weight is 415 g/mol. The summed E-state index contributed by atoms with van der Waals surface area (Å²) in [5.41, 5.74) is 2.39. The van der Waals surface area contributed by atoms with Crippen molar-refractivity contribution < 1.29 is 14.3 Å². The molecule has 2 heterocycles. The van der Waals surface area contributed by atoms with Gasteiger partial charge in [-0.05, 0) is 29.8 Å². The van der Waals surface area contributed by atoms with Crippen LogP contribution in [-0.2, 0) is 14.3 Å². The fourth-order valence-corrected chi connectivity index (χ4v) is 3.66. The van der Waals surface area contributed by atoms with Crippen molar-refractivity contribution in [2.75, 3.05) is 4.90 Å². The summed E-state index contributed by atoms with van der Waals surface area (Å²) in [6, 6.07) is 18.9. The van der Waals surface area contributed by atoms with Gasteiger partial charge in [-0.2, -0.15) is 0 Å². The smallest absolute Gasteiger partial charge is 0.363 e. The lowest BCUT2D eigenvalue weighted by atomic mass is 10.2. The lowest BCUT2D eigenvalue weighted by Crippen LogP contribution is -2.22. The summed E-state index contributed by atoms with van der Waals surface area (Å²) in [5, 5.41) is 2.28. The van der Waals surface area contributed by atoms with Crippen LogP contribution in [0.1, 0.15) is 18.2 Å². The van der Waals surface area contributed by atoms with E-state index in [0.717, 1.165) is 11.3 Å². The highest BCUT2D eigenvalue weighted by Gasteiger charge is 2.22. The number of carbonyl (C=O) groups excluding carboxylic acids is 2. The molecule has 30 heavy (non-hydrogen) atoms. The number of hydrogen-bond donors (Lipinski definition) is 0. The fraction of sp³-hybridized carbons (Fsp3) is 0.0435. The topological polar surface area (TPSA) is 71.9 Å². The summed E-state index contributed by atoms with van der Waals surface area (Å²) in [5.74, 6) is -0.467. The predicted molar refractivity (Wildman–Crippen MR) is 118 cm³/mol. The Balaban J connectivity index is 1.56. The van der Waals surface area contributed by atoms with E-state index < -0.39 is 5.97 Å². The van der Waals surface area contributed by atoms with Crippen molar-refractivity contribution in [3.05, 3.63) is 89.1 Å². The number of anilines is 2. The molecule has 0 saturated carbocycles. The molecule has 1 aliphatic rings. The minimum atomic E-state index is -0.538. The van der Waals surface area contributed by atoms with Gasteiger partial charge in [-0.3, -0.25) is 9.69 Å². The van der Waals surface area contributed by atoms with E-state index in [1.165, 1.54) is 23.2 Å². The van der Waals surface area contributed by atoms with Gasteiger partial charge in [0.1, 0.15) is 0 Å². The van der Waals surface area contributed by atoms with Gasteiger partial charge in [-0.15, -0.1) is 11.3 Å². The third-order valence-electron chi connectivity index (χ3n) is 4.17. The Morgan fingerprint density at radius 3 is 2.43 bits per heavy atom. The number of esters is 1. The van der Waals surface area contributed by atoms with Crippen LogP contribution in [0.2, 0.25) is 0 Å². The van der Waals surface area contributed by atoms with E-state index in [9.17, 15) is 9.59 Å². The Labute approximate surface area is 177 Å². The van der Waals surface area contributed by atoms with Crippen LogP contribution in [0.5, 0.6) is 0 Å². The number of aromatic nitrogens is 1. The highest BCUT2D eigenvalue weighted by atomic mass is 32.1. The van der Waals surface area contributed by atoms with E-state index in [4.69, 9.17) is 4.74 Å². The largest absolute Gasteiger partial charge is 0.403 e. The van der Waals surface area contributed by atoms with Gasteiger partial charge in [0, 0.05) is 18.4 Å². The molecule has 7 heteroatoms. The van der Waals surface area contributed by atoms with Gasteiger partial charge in [-0.1, -0.05) is 48.5 Å². The first-order chi connectivity index (χ1) is 14.6. The van der Waals surface area contributed by atoms with Crippen molar-refractivity contribution in [2.24, 2.45) is 4.99 Å². The molecule has 1 amide bonds. The van der Waals surface area contributed by atoms with E-state index in [2.05, 4.69) is 9.98 Å². The number of nitrogens with zero attached hydrogens (tertiary/aromatic N) is 3. The van der Waals surface area contributed by atoms with Crippen LogP contribution in [-0.4, -0.2) is 22.8 Å². The summed E-state index contributed by atoms with van der Waals surface area (Å²) < 4.78 is 5.20. The number of benzene rings is 2. The molecule has 0 unspecified atom stereocenters. The maximum atomic E-state index is 12.2. The van der Waals surface area contributed by atoms with Crippen LogP contribution in [0.3, 0.4) is 0 Å². The second-order valence-electron chi connectivity index (χ2n) is 6.36. The maximum Gasteiger partial charge on any atom is 0.363 e. The molecule has 0 atom stereocenters.